The topological polar surface area (TPSA) is 36.9 Å². The normalized spacial score (nSPS) is 11.8. The van der Waals surface area contributed by atoms with E-state index in [1.54, 1.807) is 0 Å². The Morgan fingerprint density at radius 1 is 0.385 bits per heavy atom. The summed E-state index contributed by atoms with van der Waals surface area (Å²) >= 11 is 0. The van der Waals surface area contributed by atoms with Gasteiger partial charge in [0.25, 0.3) is 0 Å². The van der Waals surface area contributed by atoms with Gasteiger partial charge in [-0.1, -0.05) is 79.1 Å². The first-order chi connectivity index (χ1) is 12.8. The SMILES string of the molecule is CCCCCOC(OCCCCC)C(OCCCCC)OCCCCC. The van der Waals surface area contributed by atoms with E-state index in [4.69, 9.17) is 18.9 Å². The summed E-state index contributed by atoms with van der Waals surface area (Å²) in [7, 11) is 0. The monoisotopic (exact) mass is 374 g/mol. The maximum Gasteiger partial charge on any atom is 0.209 e. The van der Waals surface area contributed by atoms with Crippen molar-refractivity contribution in [3.63, 3.8) is 0 Å². The zero-order valence-corrected chi connectivity index (χ0v) is 18.1. The fraction of sp³-hybridized carbons (Fsp3) is 1.00. The standard InChI is InChI=1S/C22H46O4/c1-5-9-13-17-23-21(24-18-14-10-6-2)22(25-19-15-11-7-3)26-20-16-12-8-4/h21-22H,5-20H2,1-4H3. The van der Waals surface area contributed by atoms with Gasteiger partial charge in [0, 0.05) is 26.4 Å². The highest BCUT2D eigenvalue weighted by atomic mass is 16.8. The first-order valence-corrected chi connectivity index (χ1v) is 11.3. The molecule has 0 amide bonds. The highest BCUT2D eigenvalue weighted by molar-refractivity contribution is 4.55. The number of ether oxygens (including phenoxy) is 4. The molecule has 0 fully saturated rings. The molecule has 158 valence electrons. The van der Waals surface area contributed by atoms with Crippen molar-refractivity contribution >= 4 is 0 Å². The van der Waals surface area contributed by atoms with Gasteiger partial charge < -0.3 is 18.9 Å². The van der Waals surface area contributed by atoms with Gasteiger partial charge in [0.1, 0.15) is 0 Å². The average Bonchev–Trinajstić information content (AvgIpc) is 2.66. The molecule has 0 aromatic carbocycles. The average molecular weight is 375 g/mol. The number of hydrogen-bond donors (Lipinski definition) is 0. The molecule has 0 saturated heterocycles. The van der Waals surface area contributed by atoms with E-state index in [0.717, 1.165) is 25.7 Å². The second-order valence-corrected chi connectivity index (χ2v) is 7.05. The molecular formula is C22H46O4. The molecule has 4 nitrogen and oxygen atoms in total. The van der Waals surface area contributed by atoms with Crippen LogP contribution in [0, 0.1) is 0 Å². The van der Waals surface area contributed by atoms with Gasteiger partial charge in [-0.15, -0.1) is 0 Å². The van der Waals surface area contributed by atoms with Crippen LogP contribution in [0.1, 0.15) is 105 Å². The lowest BCUT2D eigenvalue weighted by atomic mass is 10.2. The molecule has 0 radical (unpaired) electrons. The van der Waals surface area contributed by atoms with Crippen LogP contribution in [0.15, 0.2) is 0 Å². The van der Waals surface area contributed by atoms with Crippen LogP contribution in [0.2, 0.25) is 0 Å². The third-order valence-corrected chi connectivity index (χ3v) is 4.34. The third kappa shape index (κ3) is 16.0. The molecule has 4 heteroatoms. The van der Waals surface area contributed by atoms with Gasteiger partial charge in [0.15, 0.2) is 0 Å². The van der Waals surface area contributed by atoms with Crippen molar-refractivity contribution < 1.29 is 18.9 Å². The van der Waals surface area contributed by atoms with E-state index in [1.165, 1.54) is 51.4 Å². The Hall–Kier alpha value is -0.160. The van der Waals surface area contributed by atoms with Crippen LogP contribution in [0.4, 0.5) is 0 Å². The molecule has 0 aliphatic carbocycles. The molecule has 0 rings (SSSR count). The smallest absolute Gasteiger partial charge is 0.209 e. The van der Waals surface area contributed by atoms with Gasteiger partial charge in [-0.3, -0.25) is 0 Å². The van der Waals surface area contributed by atoms with E-state index in [2.05, 4.69) is 27.7 Å². The lowest BCUT2D eigenvalue weighted by Crippen LogP contribution is -2.37. The Morgan fingerprint density at radius 3 is 0.808 bits per heavy atom. The second kappa shape index (κ2) is 21.1. The zero-order chi connectivity index (χ0) is 19.3. The number of hydrogen-bond acceptors (Lipinski definition) is 4. The van der Waals surface area contributed by atoms with Crippen molar-refractivity contribution in [3.05, 3.63) is 0 Å². The summed E-state index contributed by atoms with van der Waals surface area (Å²) < 4.78 is 24.1. The van der Waals surface area contributed by atoms with Gasteiger partial charge in [0.05, 0.1) is 0 Å². The molecule has 0 bridgehead atoms. The van der Waals surface area contributed by atoms with Crippen LogP contribution in [-0.2, 0) is 18.9 Å². The van der Waals surface area contributed by atoms with Crippen LogP contribution < -0.4 is 0 Å². The number of rotatable bonds is 21. The Morgan fingerprint density at radius 2 is 0.615 bits per heavy atom. The van der Waals surface area contributed by atoms with Gasteiger partial charge in [0.2, 0.25) is 12.6 Å². The predicted molar refractivity (Wildman–Crippen MR) is 109 cm³/mol. The largest absolute Gasteiger partial charge is 0.348 e. The quantitative estimate of drug-likeness (QED) is 0.170. The minimum atomic E-state index is -0.410. The highest BCUT2D eigenvalue weighted by Gasteiger charge is 2.24. The maximum atomic E-state index is 6.03. The van der Waals surface area contributed by atoms with Crippen molar-refractivity contribution in [2.24, 2.45) is 0 Å². The zero-order valence-electron chi connectivity index (χ0n) is 18.1. The second-order valence-electron chi connectivity index (χ2n) is 7.05. The Balaban J connectivity index is 4.52. The minimum Gasteiger partial charge on any atom is -0.348 e. The predicted octanol–water partition coefficient (Wildman–Crippen LogP) is 6.47. The molecule has 0 spiro atoms. The molecule has 0 saturated carbocycles. The summed E-state index contributed by atoms with van der Waals surface area (Å²) in [5.41, 5.74) is 0. The molecule has 0 atom stereocenters. The molecule has 0 N–H and O–H groups in total. The first kappa shape index (κ1) is 25.8. The highest BCUT2D eigenvalue weighted by Crippen LogP contribution is 2.13. The van der Waals surface area contributed by atoms with Gasteiger partial charge in [-0.05, 0) is 25.7 Å². The van der Waals surface area contributed by atoms with Gasteiger partial charge in [-0.25, -0.2) is 0 Å². The minimum absolute atomic E-state index is 0.410. The molecule has 26 heavy (non-hydrogen) atoms. The Bertz CT molecular complexity index is 211. The maximum absolute atomic E-state index is 6.03. The molecule has 0 aromatic heterocycles. The van der Waals surface area contributed by atoms with E-state index in [9.17, 15) is 0 Å². The van der Waals surface area contributed by atoms with Crippen molar-refractivity contribution in [1.29, 1.82) is 0 Å². The molecular weight excluding hydrogens is 328 g/mol. The van der Waals surface area contributed by atoms with Crippen LogP contribution in [-0.4, -0.2) is 39.0 Å². The fourth-order valence-corrected chi connectivity index (χ4v) is 2.62. The summed E-state index contributed by atoms with van der Waals surface area (Å²) in [5, 5.41) is 0. The van der Waals surface area contributed by atoms with Crippen LogP contribution in [0.5, 0.6) is 0 Å². The first-order valence-electron chi connectivity index (χ1n) is 11.3. The molecule has 0 unspecified atom stereocenters. The lowest BCUT2D eigenvalue weighted by Gasteiger charge is -2.28. The molecule has 0 aromatic rings. The van der Waals surface area contributed by atoms with Gasteiger partial charge in [-0.2, -0.15) is 0 Å². The third-order valence-electron chi connectivity index (χ3n) is 4.34. The van der Waals surface area contributed by atoms with Crippen molar-refractivity contribution in [2.45, 2.75) is 117 Å². The Kier molecular flexibility index (Phi) is 21.0. The summed E-state index contributed by atoms with van der Waals surface area (Å²) in [5.74, 6) is 0. The Labute approximate surface area is 163 Å². The van der Waals surface area contributed by atoms with E-state index in [-0.39, 0.29) is 0 Å². The van der Waals surface area contributed by atoms with Crippen molar-refractivity contribution in [1.82, 2.24) is 0 Å². The fourth-order valence-electron chi connectivity index (χ4n) is 2.62. The summed E-state index contributed by atoms with van der Waals surface area (Å²) in [6.45, 7) is 11.6. The van der Waals surface area contributed by atoms with E-state index in [0.29, 0.717) is 26.4 Å². The summed E-state index contributed by atoms with van der Waals surface area (Å²) in [6.07, 6.45) is 12.9. The summed E-state index contributed by atoms with van der Waals surface area (Å²) in [6, 6.07) is 0. The van der Waals surface area contributed by atoms with Gasteiger partial charge >= 0.3 is 0 Å². The van der Waals surface area contributed by atoms with Crippen molar-refractivity contribution in [3.8, 4) is 0 Å². The number of unbranched alkanes of at least 4 members (excludes halogenated alkanes) is 8. The van der Waals surface area contributed by atoms with E-state index < -0.39 is 12.6 Å². The molecule has 0 aliphatic rings. The van der Waals surface area contributed by atoms with Crippen LogP contribution >= 0.6 is 0 Å². The van der Waals surface area contributed by atoms with E-state index in [1.807, 2.05) is 0 Å². The van der Waals surface area contributed by atoms with E-state index >= 15 is 0 Å². The molecule has 0 heterocycles. The van der Waals surface area contributed by atoms with Crippen LogP contribution in [0.25, 0.3) is 0 Å². The molecule has 0 aliphatic heterocycles. The van der Waals surface area contributed by atoms with Crippen LogP contribution in [0.3, 0.4) is 0 Å². The van der Waals surface area contributed by atoms with Crippen molar-refractivity contribution in [2.75, 3.05) is 26.4 Å². The summed E-state index contributed by atoms with van der Waals surface area (Å²) in [4.78, 5) is 0. The lowest BCUT2D eigenvalue weighted by molar-refractivity contribution is -0.287.